The minimum Gasteiger partial charge on any atom is -0.356 e. The second-order valence-electron chi connectivity index (χ2n) is 6.81. The summed E-state index contributed by atoms with van der Waals surface area (Å²) in [6.45, 7) is 5.67. The molecule has 3 aromatic rings. The molecule has 1 heterocycles. The Balaban J connectivity index is 1.78. The van der Waals surface area contributed by atoms with Gasteiger partial charge in [-0.3, -0.25) is 4.79 Å². The first-order chi connectivity index (χ1) is 13.5. The predicted molar refractivity (Wildman–Crippen MR) is 109 cm³/mol. The van der Waals surface area contributed by atoms with Crippen molar-refractivity contribution in [2.24, 2.45) is 0 Å². The van der Waals surface area contributed by atoms with Gasteiger partial charge >= 0.3 is 0 Å². The maximum absolute atomic E-state index is 13.2. The molecular formula is C22H25FN4O. The van der Waals surface area contributed by atoms with Crippen LogP contribution in [0.3, 0.4) is 0 Å². The van der Waals surface area contributed by atoms with Gasteiger partial charge in [-0.1, -0.05) is 23.8 Å². The molecule has 0 atom stereocenters. The fourth-order valence-electron chi connectivity index (χ4n) is 3.00. The van der Waals surface area contributed by atoms with Crippen LogP contribution in [0.2, 0.25) is 0 Å². The molecule has 28 heavy (non-hydrogen) atoms. The highest BCUT2D eigenvalue weighted by Gasteiger charge is 2.12. The van der Waals surface area contributed by atoms with Gasteiger partial charge in [-0.15, -0.1) is 0 Å². The van der Waals surface area contributed by atoms with Crippen molar-refractivity contribution in [1.82, 2.24) is 20.4 Å². The van der Waals surface area contributed by atoms with Gasteiger partial charge in [-0.2, -0.15) is 5.10 Å². The number of halogens is 1. The maximum Gasteiger partial charge on any atom is 0.216 e. The lowest BCUT2D eigenvalue weighted by Gasteiger charge is -2.06. The van der Waals surface area contributed by atoms with Crippen molar-refractivity contribution in [1.29, 1.82) is 0 Å². The van der Waals surface area contributed by atoms with Crippen molar-refractivity contribution < 1.29 is 9.18 Å². The smallest absolute Gasteiger partial charge is 0.216 e. The standard InChI is InChI=1S/C22H25FN4O/c1-16-5-3-6-18(13-16)22-19(14-24-11-4-12-25-17(2)28)15-27(26-22)21-9-7-20(23)8-10-21/h3,5-10,13,15,24H,4,11-12,14H2,1-2H3,(H,25,28). The number of hydrogen-bond donors (Lipinski definition) is 2. The van der Waals surface area contributed by atoms with E-state index in [1.165, 1.54) is 24.6 Å². The first-order valence-corrected chi connectivity index (χ1v) is 9.39. The Kier molecular flexibility index (Phi) is 6.55. The zero-order valence-electron chi connectivity index (χ0n) is 16.2. The van der Waals surface area contributed by atoms with Crippen molar-refractivity contribution in [3.63, 3.8) is 0 Å². The molecule has 0 bridgehead atoms. The zero-order valence-corrected chi connectivity index (χ0v) is 16.2. The van der Waals surface area contributed by atoms with Crippen LogP contribution in [0.4, 0.5) is 4.39 Å². The summed E-state index contributed by atoms with van der Waals surface area (Å²) < 4.78 is 15.0. The molecular weight excluding hydrogens is 355 g/mol. The summed E-state index contributed by atoms with van der Waals surface area (Å²) in [5.41, 5.74) is 5.00. The summed E-state index contributed by atoms with van der Waals surface area (Å²) in [7, 11) is 0. The Bertz CT molecular complexity index is 934. The molecule has 1 aromatic heterocycles. The maximum atomic E-state index is 13.2. The van der Waals surface area contributed by atoms with Crippen molar-refractivity contribution in [2.45, 2.75) is 26.8 Å². The highest BCUT2D eigenvalue weighted by molar-refractivity contribution is 5.72. The molecule has 0 aliphatic rings. The molecule has 0 saturated heterocycles. The molecule has 1 amide bonds. The van der Waals surface area contributed by atoms with Gasteiger partial charge in [0.25, 0.3) is 0 Å². The summed E-state index contributed by atoms with van der Waals surface area (Å²) in [5, 5.41) is 11.0. The number of carbonyl (C=O) groups is 1. The Morgan fingerprint density at radius 3 is 2.64 bits per heavy atom. The molecule has 0 saturated carbocycles. The average molecular weight is 380 g/mol. The van der Waals surface area contributed by atoms with E-state index in [-0.39, 0.29) is 11.7 Å². The largest absolute Gasteiger partial charge is 0.356 e. The third kappa shape index (κ3) is 5.27. The fraction of sp³-hybridized carbons (Fsp3) is 0.273. The number of benzene rings is 2. The van der Waals surface area contributed by atoms with Gasteiger partial charge in [0.05, 0.1) is 11.4 Å². The summed E-state index contributed by atoms with van der Waals surface area (Å²) in [6.07, 6.45) is 2.83. The Morgan fingerprint density at radius 1 is 1.14 bits per heavy atom. The van der Waals surface area contributed by atoms with Crippen LogP contribution >= 0.6 is 0 Å². The van der Waals surface area contributed by atoms with Crippen LogP contribution in [0.25, 0.3) is 16.9 Å². The van der Waals surface area contributed by atoms with Gasteiger partial charge < -0.3 is 10.6 Å². The molecule has 3 rings (SSSR count). The molecule has 2 aromatic carbocycles. The highest BCUT2D eigenvalue weighted by atomic mass is 19.1. The fourth-order valence-corrected chi connectivity index (χ4v) is 3.00. The van der Waals surface area contributed by atoms with E-state index in [2.05, 4.69) is 29.7 Å². The van der Waals surface area contributed by atoms with Crippen LogP contribution in [-0.2, 0) is 11.3 Å². The van der Waals surface area contributed by atoms with Gasteiger partial charge in [0, 0.05) is 37.3 Å². The van der Waals surface area contributed by atoms with E-state index in [0.717, 1.165) is 35.5 Å². The van der Waals surface area contributed by atoms with Crippen LogP contribution in [0.1, 0.15) is 24.5 Å². The minimum absolute atomic E-state index is 0.0118. The number of hydrogen-bond acceptors (Lipinski definition) is 3. The van der Waals surface area contributed by atoms with Crippen molar-refractivity contribution in [3.8, 4) is 16.9 Å². The molecule has 0 spiro atoms. The summed E-state index contributed by atoms with van der Waals surface area (Å²) in [6, 6.07) is 14.5. The third-order valence-electron chi connectivity index (χ3n) is 4.39. The molecule has 5 nitrogen and oxygen atoms in total. The zero-order chi connectivity index (χ0) is 19.9. The Labute approximate surface area is 164 Å². The monoisotopic (exact) mass is 380 g/mol. The van der Waals surface area contributed by atoms with Crippen LogP contribution in [0, 0.1) is 12.7 Å². The molecule has 0 aliphatic carbocycles. The van der Waals surface area contributed by atoms with Crippen molar-refractivity contribution in [3.05, 3.63) is 71.7 Å². The number of aromatic nitrogens is 2. The average Bonchev–Trinajstić information content (AvgIpc) is 3.09. The first-order valence-electron chi connectivity index (χ1n) is 9.39. The molecule has 6 heteroatoms. The lowest BCUT2D eigenvalue weighted by molar-refractivity contribution is -0.118. The topological polar surface area (TPSA) is 59.0 Å². The van der Waals surface area contributed by atoms with Crippen molar-refractivity contribution >= 4 is 5.91 Å². The molecule has 0 radical (unpaired) electrons. The summed E-state index contributed by atoms with van der Waals surface area (Å²) in [5.74, 6) is -0.279. The molecule has 0 unspecified atom stereocenters. The van der Waals surface area contributed by atoms with Crippen LogP contribution in [-0.4, -0.2) is 28.8 Å². The predicted octanol–water partition coefficient (Wildman–Crippen LogP) is 3.60. The Hall–Kier alpha value is -2.99. The summed E-state index contributed by atoms with van der Waals surface area (Å²) in [4.78, 5) is 10.9. The van der Waals surface area contributed by atoms with E-state index in [1.54, 1.807) is 16.8 Å². The lowest BCUT2D eigenvalue weighted by atomic mass is 10.1. The van der Waals surface area contributed by atoms with E-state index in [9.17, 15) is 9.18 Å². The number of aryl methyl sites for hydroxylation is 1. The summed E-state index contributed by atoms with van der Waals surface area (Å²) >= 11 is 0. The van der Waals surface area contributed by atoms with Gasteiger partial charge in [0.2, 0.25) is 5.91 Å². The minimum atomic E-state index is -0.268. The van der Waals surface area contributed by atoms with E-state index in [1.807, 2.05) is 18.3 Å². The lowest BCUT2D eigenvalue weighted by Crippen LogP contribution is -2.25. The SMILES string of the molecule is CC(=O)NCCCNCc1cn(-c2ccc(F)cc2)nc1-c1cccc(C)c1. The van der Waals surface area contributed by atoms with Gasteiger partial charge in [0.1, 0.15) is 5.82 Å². The van der Waals surface area contributed by atoms with E-state index < -0.39 is 0 Å². The van der Waals surface area contributed by atoms with Gasteiger partial charge in [-0.05, 0) is 50.2 Å². The van der Waals surface area contributed by atoms with E-state index in [4.69, 9.17) is 5.10 Å². The van der Waals surface area contributed by atoms with Crippen LogP contribution < -0.4 is 10.6 Å². The highest BCUT2D eigenvalue weighted by Crippen LogP contribution is 2.24. The second-order valence-corrected chi connectivity index (χ2v) is 6.81. The van der Waals surface area contributed by atoms with E-state index >= 15 is 0 Å². The number of amides is 1. The van der Waals surface area contributed by atoms with E-state index in [0.29, 0.717) is 13.1 Å². The third-order valence-corrected chi connectivity index (χ3v) is 4.39. The van der Waals surface area contributed by atoms with Crippen LogP contribution in [0.15, 0.2) is 54.7 Å². The van der Waals surface area contributed by atoms with Gasteiger partial charge in [-0.25, -0.2) is 9.07 Å². The van der Waals surface area contributed by atoms with Crippen LogP contribution in [0.5, 0.6) is 0 Å². The number of carbonyl (C=O) groups excluding carboxylic acids is 1. The molecule has 0 aliphatic heterocycles. The molecule has 146 valence electrons. The Morgan fingerprint density at radius 2 is 1.93 bits per heavy atom. The molecule has 0 fully saturated rings. The second kappa shape index (κ2) is 9.28. The quantitative estimate of drug-likeness (QED) is 0.587. The number of rotatable bonds is 8. The molecule has 2 N–H and O–H groups in total. The normalized spacial score (nSPS) is 10.8. The number of nitrogens with zero attached hydrogens (tertiary/aromatic N) is 2. The van der Waals surface area contributed by atoms with Gasteiger partial charge in [0.15, 0.2) is 0 Å². The number of nitrogens with one attached hydrogen (secondary N) is 2. The van der Waals surface area contributed by atoms with Crippen molar-refractivity contribution in [2.75, 3.05) is 13.1 Å². The first kappa shape index (κ1) is 19.8.